The number of nitrogens with zero attached hydrogens (tertiary/aromatic N) is 4. The minimum Gasteiger partial charge on any atom is -0.493 e. The largest absolute Gasteiger partial charge is 0.493 e. The zero-order chi connectivity index (χ0) is 26.6. The van der Waals surface area contributed by atoms with Gasteiger partial charge in [-0.3, -0.25) is 9.59 Å². The topological polar surface area (TPSA) is 129 Å². The van der Waals surface area contributed by atoms with Crippen molar-refractivity contribution in [2.75, 3.05) is 33.2 Å². The Labute approximate surface area is 222 Å². The number of carbonyl (C=O) groups excluding carboxylic acids is 2. The standard InChI is InChI=1S/C26H26N6O5S/c1-35-21-10-16(11-22(36-2)24(21)37-3)23(33)17-7-6-15(9-20(17)32-14-27-13-29-32)19-12-38-26(30-19)31-25(34)18-5-4-8-28-18/h6-7,9-14,18,28H,4-5,8H2,1-3H3,(H,30,31,34)/t18-/m0/s1. The van der Waals surface area contributed by atoms with Crippen LogP contribution in [-0.4, -0.2) is 65.4 Å². The number of carbonyl (C=O) groups is 2. The van der Waals surface area contributed by atoms with Gasteiger partial charge in [0.1, 0.15) is 12.7 Å². The van der Waals surface area contributed by atoms with Crippen LogP contribution in [0.5, 0.6) is 17.2 Å². The van der Waals surface area contributed by atoms with E-state index in [1.165, 1.54) is 50.0 Å². The smallest absolute Gasteiger partial charge is 0.243 e. The van der Waals surface area contributed by atoms with Crippen LogP contribution in [0.1, 0.15) is 28.8 Å². The van der Waals surface area contributed by atoms with E-state index in [1.807, 2.05) is 17.5 Å². The summed E-state index contributed by atoms with van der Waals surface area (Å²) in [5.74, 6) is 0.793. The molecular weight excluding hydrogens is 508 g/mol. The van der Waals surface area contributed by atoms with Crippen LogP contribution in [0.25, 0.3) is 16.9 Å². The number of aromatic nitrogens is 4. The molecule has 0 radical (unpaired) electrons. The molecule has 1 aliphatic rings. The van der Waals surface area contributed by atoms with Gasteiger partial charge in [0.2, 0.25) is 11.7 Å². The van der Waals surface area contributed by atoms with Crippen LogP contribution in [0.4, 0.5) is 5.13 Å². The van der Waals surface area contributed by atoms with E-state index in [9.17, 15) is 9.59 Å². The van der Waals surface area contributed by atoms with Crippen LogP contribution in [0.3, 0.4) is 0 Å². The number of rotatable bonds is 9. The Kier molecular flexibility index (Phi) is 7.33. The summed E-state index contributed by atoms with van der Waals surface area (Å²) in [5.41, 5.74) is 2.69. The summed E-state index contributed by atoms with van der Waals surface area (Å²) < 4.78 is 17.7. The van der Waals surface area contributed by atoms with E-state index in [2.05, 4.69) is 25.7 Å². The Balaban J connectivity index is 1.49. The minimum atomic E-state index is -0.267. The SMILES string of the molecule is COc1cc(C(=O)c2ccc(-c3csc(NC(=O)[C@@H]4CCCN4)n3)cc2-n2cncn2)cc(OC)c1OC. The van der Waals surface area contributed by atoms with E-state index in [0.29, 0.717) is 44.9 Å². The zero-order valence-corrected chi connectivity index (χ0v) is 21.9. The van der Waals surface area contributed by atoms with Crippen molar-refractivity contribution in [1.29, 1.82) is 0 Å². The molecule has 0 aliphatic carbocycles. The van der Waals surface area contributed by atoms with Crippen LogP contribution in [0, 0.1) is 0 Å². The Hall–Kier alpha value is -4.29. The van der Waals surface area contributed by atoms with E-state index < -0.39 is 0 Å². The van der Waals surface area contributed by atoms with E-state index >= 15 is 0 Å². The molecular formula is C26H26N6O5S. The molecule has 2 aromatic heterocycles. The molecule has 0 saturated carbocycles. The molecule has 0 unspecified atom stereocenters. The van der Waals surface area contributed by atoms with Crippen LogP contribution >= 0.6 is 11.3 Å². The van der Waals surface area contributed by atoms with E-state index in [-0.39, 0.29) is 17.7 Å². The lowest BCUT2D eigenvalue weighted by atomic mass is 9.98. The maximum atomic E-state index is 13.7. The second-order valence-corrected chi connectivity index (χ2v) is 9.35. The van der Waals surface area contributed by atoms with Gasteiger partial charge in [-0.2, -0.15) is 5.10 Å². The predicted octanol–water partition coefficient (Wildman–Crippen LogP) is 3.34. The van der Waals surface area contributed by atoms with Crippen molar-refractivity contribution in [3.63, 3.8) is 0 Å². The summed E-state index contributed by atoms with van der Waals surface area (Å²) >= 11 is 1.34. The fourth-order valence-electron chi connectivity index (χ4n) is 4.34. The first kappa shape index (κ1) is 25.4. The van der Waals surface area contributed by atoms with E-state index in [0.717, 1.165) is 24.9 Å². The molecule has 1 aliphatic heterocycles. The molecule has 4 aromatic rings. The number of ketones is 1. The molecule has 2 aromatic carbocycles. The Bertz CT molecular complexity index is 1440. The third-order valence-electron chi connectivity index (χ3n) is 6.24. The second kappa shape index (κ2) is 11.0. The van der Waals surface area contributed by atoms with Crippen molar-refractivity contribution in [2.45, 2.75) is 18.9 Å². The molecule has 1 amide bonds. The second-order valence-electron chi connectivity index (χ2n) is 8.49. The Morgan fingerprint density at radius 3 is 2.53 bits per heavy atom. The predicted molar refractivity (Wildman–Crippen MR) is 142 cm³/mol. The number of nitrogens with one attached hydrogen (secondary N) is 2. The van der Waals surface area contributed by atoms with Crippen molar-refractivity contribution >= 4 is 28.2 Å². The number of amides is 1. The van der Waals surface area contributed by atoms with Crippen LogP contribution in [0.2, 0.25) is 0 Å². The molecule has 12 heteroatoms. The molecule has 1 saturated heterocycles. The summed E-state index contributed by atoms with van der Waals surface area (Å²) in [4.78, 5) is 34.8. The normalized spacial score (nSPS) is 14.8. The number of benzene rings is 2. The summed E-state index contributed by atoms with van der Waals surface area (Å²) in [5, 5.41) is 12.7. The quantitative estimate of drug-likeness (QED) is 0.311. The molecule has 196 valence electrons. The summed E-state index contributed by atoms with van der Waals surface area (Å²) in [6.45, 7) is 0.841. The van der Waals surface area contributed by atoms with Crippen LogP contribution in [0.15, 0.2) is 48.4 Å². The van der Waals surface area contributed by atoms with E-state index in [1.54, 1.807) is 18.2 Å². The molecule has 0 spiro atoms. The number of methoxy groups -OCH3 is 3. The monoisotopic (exact) mass is 534 g/mol. The van der Waals surface area contributed by atoms with Gasteiger partial charge in [-0.25, -0.2) is 14.6 Å². The molecule has 3 heterocycles. The Morgan fingerprint density at radius 2 is 1.89 bits per heavy atom. The first-order valence-electron chi connectivity index (χ1n) is 11.9. The number of anilines is 1. The lowest BCUT2D eigenvalue weighted by Crippen LogP contribution is -2.35. The van der Waals surface area contributed by atoms with Gasteiger partial charge in [0.25, 0.3) is 0 Å². The van der Waals surface area contributed by atoms with Crippen molar-refractivity contribution in [2.24, 2.45) is 0 Å². The van der Waals surface area contributed by atoms with Crippen LogP contribution < -0.4 is 24.8 Å². The fraction of sp³-hybridized carbons (Fsp3) is 0.269. The molecule has 11 nitrogen and oxygen atoms in total. The lowest BCUT2D eigenvalue weighted by molar-refractivity contribution is -0.117. The molecule has 5 rings (SSSR count). The van der Waals surface area contributed by atoms with Gasteiger partial charge in [-0.15, -0.1) is 11.3 Å². The number of ether oxygens (including phenoxy) is 3. The molecule has 0 bridgehead atoms. The fourth-order valence-corrected chi connectivity index (χ4v) is 5.06. The maximum absolute atomic E-state index is 13.7. The average Bonchev–Trinajstić information content (AvgIpc) is 3.74. The van der Waals surface area contributed by atoms with Gasteiger partial charge < -0.3 is 24.8 Å². The summed E-state index contributed by atoms with van der Waals surface area (Å²) in [6.07, 6.45) is 4.71. The first-order valence-corrected chi connectivity index (χ1v) is 12.7. The van der Waals surface area contributed by atoms with Crippen molar-refractivity contribution in [3.8, 4) is 34.2 Å². The van der Waals surface area contributed by atoms with Gasteiger partial charge in [-0.05, 0) is 43.7 Å². The third-order valence-corrected chi connectivity index (χ3v) is 7.00. The third kappa shape index (κ3) is 4.95. The number of thiazole rings is 1. The highest BCUT2D eigenvalue weighted by Gasteiger charge is 2.24. The maximum Gasteiger partial charge on any atom is 0.243 e. The molecule has 1 atom stereocenters. The lowest BCUT2D eigenvalue weighted by Gasteiger charge is -2.15. The molecule has 1 fully saturated rings. The van der Waals surface area contributed by atoms with Crippen molar-refractivity contribution < 1.29 is 23.8 Å². The van der Waals surface area contributed by atoms with Gasteiger partial charge >= 0.3 is 0 Å². The van der Waals surface area contributed by atoms with E-state index in [4.69, 9.17) is 14.2 Å². The summed E-state index contributed by atoms with van der Waals surface area (Å²) in [6, 6.07) is 8.37. The highest BCUT2D eigenvalue weighted by molar-refractivity contribution is 7.14. The minimum absolute atomic E-state index is 0.0852. The van der Waals surface area contributed by atoms with Gasteiger partial charge in [0.15, 0.2) is 22.4 Å². The van der Waals surface area contributed by atoms with Crippen molar-refractivity contribution in [3.05, 3.63) is 59.5 Å². The zero-order valence-electron chi connectivity index (χ0n) is 21.1. The van der Waals surface area contributed by atoms with Gasteiger partial charge in [-0.1, -0.05) is 6.07 Å². The Morgan fingerprint density at radius 1 is 1.11 bits per heavy atom. The highest BCUT2D eigenvalue weighted by atomic mass is 32.1. The van der Waals surface area contributed by atoms with Crippen molar-refractivity contribution in [1.82, 2.24) is 25.1 Å². The van der Waals surface area contributed by atoms with Crippen LogP contribution in [-0.2, 0) is 4.79 Å². The average molecular weight is 535 g/mol. The molecule has 2 N–H and O–H groups in total. The van der Waals surface area contributed by atoms with Gasteiger partial charge in [0.05, 0.1) is 38.8 Å². The molecule has 38 heavy (non-hydrogen) atoms. The number of hydrogen-bond donors (Lipinski definition) is 2. The number of hydrogen-bond acceptors (Lipinski definition) is 10. The highest BCUT2D eigenvalue weighted by Crippen LogP contribution is 2.39. The van der Waals surface area contributed by atoms with Gasteiger partial charge in [0, 0.05) is 22.1 Å². The first-order chi connectivity index (χ1) is 18.5. The summed E-state index contributed by atoms with van der Waals surface area (Å²) in [7, 11) is 4.50.